The van der Waals surface area contributed by atoms with Gasteiger partial charge in [-0.15, -0.1) is 22.7 Å². The van der Waals surface area contributed by atoms with Crippen LogP contribution in [0.4, 0.5) is 5.82 Å². The van der Waals surface area contributed by atoms with Gasteiger partial charge in [-0.05, 0) is 23.6 Å². The summed E-state index contributed by atoms with van der Waals surface area (Å²) in [6.45, 7) is 0. The second-order valence-electron chi connectivity index (χ2n) is 4.50. The van der Waals surface area contributed by atoms with Crippen molar-refractivity contribution in [3.63, 3.8) is 0 Å². The van der Waals surface area contributed by atoms with Crippen LogP contribution in [0, 0.1) is 0 Å². The minimum atomic E-state index is -0.286. The number of nitrogens with one attached hydrogen (secondary N) is 2. The Kier molecular flexibility index (Phi) is 2.94. The van der Waals surface area contributed by atoms with Gasteiger partial charge in [0.2, 0.25) is 0 Å². The van der Waals surface area contributed by atoms with E-state index in [1.807, 2.05) is 17.5 Å². The number of thiophene rings is 1. The number of carbonyl (C=O) groups excluding carboxylic acids is 1. The summed E-state index contributed by atoms with van der Waals surface area (Å²) >= 11 is 3.22. The number of hydrogen-bond acceptors (Lipinski definition) is 6. The summed E-state index contributed by atoms with van der Waals surface area (Å²) in [5.41, 5.74) is 0.566. The fourth-order valence-corrected chi connectivity index (χ4v) is 3.88. The van der Waals surface area contributed by atoms with E-state index in [0.29, 0.717) is 11.4 Å². The third-order valence-corrected chi connectivity index (χ3v) is 5.25. The maximum atomic E-state index is 12.1. The number of thiazole rings is 1. The highest BCUT2D eigenvalue weighted by molar-refractivity contribution is 7.21. The van der Waals surface area contributed by atoms with E-state index in [4.69, 9.17) is 0 Å². The lowest BCUT2D eigenvalue weighted by atomic mass is 10.2. The lowest BCUT2D eigenvalue weighted by Gasteiger charge is -2.25. The number of hydrogen-bond donors (Lipinski definition) is 2. The number of fused-ring (bicyclic) bond motifs is 1. The number of rotatable bonds is 2. The molecule has 3 aromatic rings. The van der Waals surface area contributed by atoms with Crippen LogP contribution in [0.3, 0.4) is 0 Å². The predicted molar refractivity (Wildman–Crippen MR) is 83.5 cm³/mol. The van der Waals surface area contributed by atoms with Crippen LogP contribution in [0.2, 0.25) is 0 Å². The normalized spacial score (nSPS) is 17.0. The summed E-state index contributed by atoms with van der Waals surface area (Å²) in [4.78, 5) is 22.8. The maximum absolute atomic E-state index is 12.1. The van der Waals surface area contributed by atoms with Gasteiger partial charge in [-0.2, -0.15) is 0 Å². The third kappa shape index (κ3) is 2.20. The van der Waals surface area contributed by atoms with E-state index in [-0.39, 0.29) is 12.1 Å². The zero-order valence-corrected chi connectivity index (χ0v) is 12.4. The number of aromatic nitrogens is 2. The highest BCUT2D eigenvalue weighted by Gasteiger charge is 2.26. The highest BCUT2D eigenvalue weighted by atomic mass is 32.1. The monoisotopic (exact) mass is 314 g/mol. The van der Waals surface area contributed by atoms with Crippen LogP contribution >= 0.6 is 22.7 Å². The Balaban J connectivity index is 1.65. The van der Waals surface area contributed by atoms with Gasteiger partial charge in [0, 0.05) is 12.4 Å². The molecule has 1 aliphatic rings. The summed E-state index contributed by atoms with van der Waals surface area (Å²) in [7, 11) is 0. The summed E-state index contributed by atoms with van der Waals surface area (Å²) in [5.74, 6) is 0.491. The summed E-state index contributed by atoms with van der Waals surface area (Å²) in [6, 6.07) is 7.55. The SMILES string of the molecule is O=C1N[C@H](c2cnc(-c3cccs3)s2)Nc2ncccc21. The molecule has 1 atom stereocenters. The zero-order valence-electron chi connectivity index (χ0n) is 10.7. The van der Waals surface area contributed by atoms with Crippen LogP contribution in [-0.4, -0.2) is 15.9 Å². The van der Waals surface area contributed by atoms with Crippen molar-refractivity contribution in [1.29, 1.82) is 0 Å². The minimum Gasteiger partial charge on any atom is -0.345 e. The maximum Gasteiger partial charge on any atom is 0.256 e. The third-order valence-electron chi connectivity index (χ3n) is 3.15. The quantitative estimate of drug-likeness (QED) is 0.762. The van der Waals surface area contributed by atoms with Crippen LogP contribution in [0.15, 0.2) is 42.0 Å². The fourth-order valence-electron chi connectivity index (χ4n) is 2.16. The standard InChI is InChI=1S/C14H10N4OS2/c19-13-8-3-1-5-15-11(8)17-12(18-13)10-7-16-14(21-10)9-4-2-6-20-9/h1-7,12H,(H,15,17)(H,18,19)/t12-/m1/s1. The Morgan fingerprint density at radius 1 is 1.14 bits per heavy atom. The first kappa shape index (κ1) is 12.5. The van der Waals surface area contributed by atoms with Gasteiger partial charge < -0.3 is 10.6 Å². The molecule has 0 bridgehead atoms. The molecule has 0 saturated carbocycles. The van der Waals surface area contributed by atoms with E-state index in [9.17, 15) is 4.79 Å². The lowest BCUT2D eigenvalue weighted by Crippen LogP contribution is -2.38. The van der Waals surface area contributed by atoms with E-state index >= 15 is 0 Å². The van der Waals surface area contributed by atoms with Crippen LogP contribution in [0.1, 0.15) is 21.4 Å². The van der Waals surface area contributed by atoms with Crippen LogP contribution in [0.25, 0.3) is 9.88 Å². The van der Waals surface area contributed by atoms with Crippen molar-refractivity contribution in [1.82, 2.24) is 15.3 Å². The molecule has 4 rings (SSSR count). The summed E-state index contributed by atoms with van der Waals surface area (Å²) < 4.78 is 0. The van der Waals surface area contributed by atoms with Crippen LogP contribution in [-0.2, 0) is 0 Å². The van der Waals surface area contributed by atoms with Gasteiger partial charge in [-0.3, -0.25) is 4.79 Å². The number of nitrogens with zero attached hydrogens (tertiary/aromatic N) is 2. The summed E-state index contributed by atoms with van der Waals surface area (Å²) in [6.07, 6.45) is 3.18. The molecular weight excluding hydrogens is 304 g/mol. The van der Waals surface area contributed by atoms with Crippen LogP contribution < -0.4 is 10.6 Å². The van der Waals surface area contributed by atoms with Crippen LogP contribution in [0.5, 0.6) is 0 Å². The van der Waals surface area contributed by atoms with E-state index in [0.717, 1.165) is 14.8 Å². The molecular formula is C14H10N4OS2. The van der Waals surface area contributed by atoms with Gasteiger partial charge >= 0.3 is 0 Å². The van der Waals surface area contributed by atoms with Gasteiger partial charge in [0.05, 0.1) is 15.3 Å². The first-order valence-corrected chi connectivity index (χ1v) is 8.03. The molecule has 0 unspecified atom stereocenters. The van der Waals surface area contributed by atoms with Crippen molar-refractivity contribution < 1.29 is 4.79 Å². The van der Waals surface area contributed by atoms with Gasteiger partial charge in [-0.25, -0.2) is 9.97 Å². The fraction of sp³-hybridized carbons (Fsp3) is 0.0714. The van der Waals surface area contributed by atoms with Crippen molar-refractivity contribution in [2.75, 3.05) is 5.32 Å². The molecule has 2 N–H and O–H groups in total. The first-order chi connectivity index (χ1) is 10.3. The molecule has 21 heavy (non-hydrogen) atoms. The van der Waals surface area contributed by atoms with E-state index < -0.39 is 0 Å². The Morgan fingerprint density at radius 2 is 2.10 bits per heavy atom. The van der Waals surface area contributed by atoms with Crippen molar-refractivity contribution in [3.05, 3.63) is 52.5 Å². The molecule has 3 aromatic heterocycles. The molecule has 0 saturated heterocycles. The lowest BCUT2D eigenvalue weighted by molar-refractivity contribution is 0.0935. The summed E-state index contributed by atoms with van der Waals surface area (Å²) in [5, 5.41) is 9.15. The molecule has 1 amide bonds. The Labute approximate surface area is 128 Å². The molecule has 0 aromatic carbocycles. The van der Waals surface area contributed by atoms with E-state index in [1.54, 1.807) is 47.2 Å². The minimum absolute atomic E-state index is 0.118. The average molecular weight is 314 g/mol. The van der Waals surface area contributed by atoms with Crippen molar-refractivity contribution >= 4 is 34.4 Å². The predicted octanol–water partition coefficient (Wildman–Crippen LogP) is 3.12. The van der Waals surface area contributed by atoms with Crippen molar-refractivity contribution in [3.8, 4) is 9.88 Å². The smallest absolute Gasteiger partial charge is 0.256 e. The van der Waals surface area contributed by atoms with E-state index in [2.05, 4.69) is 20.6 Å². The van der Waals surface area contributed by atoms with Gasteiger partial charge in [-0.1, -0.05) is 6.07 Å². The largest absolute Gasteiger partial charge is 0.345 e. The number of amides is 1. The second-order valence-corrected chi connectivity index (χ2v) is 6.51. The topological polar surface area (TPSA) is 66.9 Å². The van der Waals surface area contributed by atoms with Crippen molar-refractivity contribution in [2.24, 2.45) is 0 Å². The first-order valence-electron chi connectivity index (χ1n) is 6.33. The number of carbonyl (C=O) groups is 1. The molecule has 0 spiro atoms. The molecule has 0 aliphatic carbocycles. The number of anilines is 1. The van der Waals surface area contributed by atoms with Gasteiger partial charge in [0.15, 0.2) is 0 Å². The number of pyridine rings is 1. The van der Waals surface area contributed by atoms with Gasteiger partial charge in [0.1, 0.15) is 17.0 Å². The Morgan fingerprint density at radius 3 is 2.95 bits per heavy atom. The van der Waals surface area contributed by atoms with Gasteiger partial charge in [0.25, 0.3) is 5.91 Å². The molecule has 4 heterocycles. The molecule has 5 nitrogen and oxygen atoms in total. The molecule has 7 heteroatoms. The highest BCUT2D eigenvalue weighted by Crippen LogP contribution is 2.33. The Bertz CT molecular complexity index is 797. The Hall–Kier alpha value is -2.25. The zero-order chi connectivity index (χ0) is 14.2. The molecule has 104 valence electrons. The van der Waals surface area contributed by atoms with Crippen molar-refractivity contribution in [2.45, 2.75) is 6.17 Å². The van der Waals surface area contributed by atoms with E-state index in [1.165, 1.54) is 0 Å². The second kappa shape index (κ2) is 4.94. The average Bonchev–Trinajstić information content (AvgIpc) is 3.18. The molecule has 0 radical (unpaired) electrons. The molecule has 0 fully saturated rings. The molecule has 1 aliphatic heterocycles.